The van der Waals surface area contributed by atoms with Crippen molar-refractivity contribution in [3.05, 3.63) is 35.0 Å². The highest BCUT2D eigenvalue weighted by Crippen LogP contribution is 2.23. The Morgan fingerprint density at radius 1 is 1.47 bits per heavy atom. The zero-order chi connectivity index (χ0) is 13.1. The fourth-order valence-electron chi connectivity index (χ4n) is 1.17. The molecule has 0 fully saturated rings. The highest BCUT2D eigenvalue weighted by atomic mass is 32.1. The Labute approximate surface area is 107 Å². The quantitative estimate of drug-likeness (QED) is 0.812. The number of hydrogen-bond donors (Lipinski definition) is 2. The van der Waals surface area contributed by atoms with Gasteiger partial charge in [0.25, 0.3) is 0 Å². The summed E-state index contributed by atoms with van der Waals surface area (Å²) in [5.41, 5.74) is 6.65. The van der Waals surface area contributed by atoms with Crippen molar-refractivity contribution >= 4 is 18.3 Å². The molecular formula is C13H18FNOS. The monoisotopic (exact) mass is 255 g/mol. The van der Waals surface area contributed by atoms with Gasteiger partial charge in [0.15, 0.2) is 11.6 Å². The van der Waals surface area contributed by atoms with Gasteiger partial charge in [-0.25, -0.2) is 4.39 Å². The van der Waals surface area contributed by atoms with Gasteiger partial charge in [0.05, 0.1) is 6.61 Å². The van der Waals surface area contributed by atoms with E-state index < -0.39 is 5.82 Å². The normalized spacial score (nSPS) is 12.6. The van der Waals surface area contributed by atoms with Crippen molar-refractivity contribution in [2.75, 3.05) is 6.61 Å². The molecular weight excluding hydrogens is 237 g/mol. The third kappa shape index (κ3) is 4.30. The smallest absolute Gasteiger partial charge is 0.165 e. The SMILES string of the molecule is CC(C)(C)COc1ccc(/C(N)=C/S)cc1F. The van der Waals surface area contributed by atoms with Crippen LogP contribution in [0.3, 0.4) is 0 Å². The van der Waals surface area contributed by atoms with Crippen LogP contribution in [0.25, 0.3) is 5.70 Å². The van der Waals surface area contributed by atoms with E-state index in [-0.39, 0.29) is 11.2 Å². The highest BCUT2D eigenvalue weighted by molar-refractivity contribution is 7.83. The summed E-state index contributed by atoms with van der Waals surface area (Å²) < 4.78 is 19.1. The lowest BCUT2D eigenvalue weighted by atomic mass is 9.99. The lowest BCUT2D eigenvalue weighted by molar-refractivity contribution is 0.191. The average Bonchev–Trinajstić information content (AvgIpc) is 2.25. The van der Waals surface area contributed by atoms with Crippen LogP contribution in [0, 0.1) is 11.2 Å². The summed E-state index contributed by atoms with van der Waals surface area (Å²) in [6, 6.07) is 4.64. The topological polar surface area (TPSA) is 35.2 Å². The Balaban J connectivity index is 2.84. The fraction of sp³-hybridized carbons (Fsp3) is 0.385. The second-order valence-electron chi connectivity index (χ2n) is 5.08. The average molecular weight is 255 g/mol. The summed E-state index contributed by atoms with van der Waals surface area (Å²) >= 11 is 3.93. The van der Waals surface area contributed by atoms with E-state index in [1.165, 1.54) is 11.5 Å². The Kier molecular flexibility index (Phi) is 4.46. The summed E-state index contributed by atoms with van der Waals surface area (Å²) in [6.07, 6.45) is 0. The molecule has 0 unspecified atom stereocenters. The van der Waals surface area contributed by atoms with Crippen molar-refractivity contribution in [3.8, 4) is 5.75 Å². The number of benzene rings is 1. The Bertz CT molecular complexity index is 424. The molecule has 0 amide bonds. The van der Waals surface area contributed by atoms with E-state index in [2.05, 4.69) is 12.6 Å². The van der Waals surface area contributed by atoms with Crippen LogP contribution in [0.5, 0.6) is 5.75 Å². The van der Waals surface area contributed by atoms with Gasteiger partial charge >= 0.3 is 0 Å². The van der Waals surface area contributed by atoms with Gasteiger partial charge in [0, 0.05) is 11.3 Å². The molecule has 94 valence electrons. The summed E-state index contributed by atoms with van der Waals surface area (Å²) in [4.78, 5) is 0. The van der Waals surface area contributed by atoms with Crippen molar-refractivity contribution in [1.29, 1.82) is 0 Å². The van der Waals surface area contributed by atoms with Gasteiger partial charge in [0.1, 0.15) is 0 Å². The van der Waals surface area contributed by atoms with E-state index in [1.807, 2.05) is 20.8 Å². The van der Waals surface area contributed by atoms with E-state index in [4.69, 9.17) is 10.5 Å². The molecule has 2 nitrogen and oxygen atoms in total. The lowest BCUT2D eigenvalue weighted by Gasteiger charge is -2.19. The van der Waals surface area contributed by atoms with Gasteiger partial charge in [-0.3, -0.25) is 0 Å². The summed E-state index contributed by atoms with van der Waals surface area (Å²) in [5, 5.41) is 1.43. The zero-order valence-electron chi connectivity index (χ0n) is 10.3. The number of halogens is 1. The molecule has 0 aliphatic heterocycles. The van der Waals surface area contributed by atoms with E-state index in [9.17, 15) is 4.39 Å². The van der Waals surface area contributed by atoms with Gasteiger partial charge in [-0.15, -0.1) is 12.6 Å². The third-order valence-electron chi connectivity index (χ3n) is 2.06. The molecule has 1 rings (SSSR count). The first-order chi connectivity index (χ1) is 7.83. The fourth-order valence-corrected chi connectivity index (χ4v) is 1.32. The molecule has 2 N–H and O–H groups in total. The van der Waals surface area contributed by atoms with Gasteiger partial charge in [-0.1, -0.05) is 20.8 Å². The maximum Gasteiger partial charge on any atom is 0.165 e. The van der Waals surface area contributed by atoms with E-state index >= 15 is 0 Å². The minimum Gasteiger partial charge on any atom is -0.490 e. The number of ether oxygens (including phenoxy) is 1. The van der Waals surface area contributed by atoms with E-state index in [0.29, 0.717) is 17.9 Å². The minimum atomic E-state index is -0.412. The van der Waals surface area contributed by atoms with Gasteiger partial charge in [-0.2, -0.15) is 0 Å². The van der Waals surface area contributed by atoms with Crippen molar-refractivity contribution in [1.82, 2.24) is 0 Å². The predicted octanol–water partition coefficient (Wildman–Crippen LogP) is 3.44. The first kappa shape index (κ1) is 13.9. The standard InChI is InChI=1S/C13H18FNOS/c1-13(2,3)8-16-12-5-4-9(6-10(12)14)11(15)7-17/h4-7,17H,8,15H2,1-3H3/b11-7-. The summed E-state index contributed by atoms with van der Waals surface area (Å²) in [6.45, 7) is 6.55. The molecule has 0 atom stereocenters. The minimum absolute atomic E-state index is 0.00482. The van der Waals surface area contributed by atoms with Crippen LogP contribution in [0.2, 0.25) is 0 Å². The third-order valence-corrected chi connectivity index (χ3v) is 2.34. The number of rotatable bonds is 3. The molecule has 17 heavy (non-hydrogen) atoms. The molecule has 0 aliphatic carbocycles. The van der Waals surface area contributed by atoms with Crippen molar-refractivity contribution < 1.29 is 9.13 Å². The van der Waals surface area contributed by atoms with Crippen LogP contribution >= 0.6 is 12.6 Å². The van der Waals surface area contributed by atoms with Gasteiger partial charge < -0.3 is 10.5 Å². The Morgan fingerprint density at radius 3 is 2.59 bits per heavy atom. The molecule has 0 bridgehead atoms. The molecule has 0 saturated heterocycles. The van der Waals surface area contributed by atoms with Gasteiger partial charge in [-0.05, 0) is 29.0 Å². The molecule has 0 saturated carbocycles. The van der Waals surface area contributed by atoms with Crippen LogP contribution in [-0.4, -0.2) is 6.61 Å². The maximum atomic E-state index is 13.7. The van der Waals surface area contributed by atoms with Crippen molar-refractivity contribution in [2.24, 2.45) is 11.1 Å². The van der Waals surface area contributed by atoms with Crippen LogP contribution in [0.15, 0.2) is 23.6 Å². The van der Waals surface area contributed by atoms with Crippen LogP contribution < -0.4 is 10.5 Å². The number of nitrogens with two attached hydrogens (primary N) is 1. The molecule has 0 aromatic heterocycles. The largest absolute Gasteiger partial charge is 0.490 e. The molecule has 0 spiro atoms. The van der Waals surface area contributed by atoms with Crippen LogP contribution in [0.4, 0.5) is 4.39 Å². The Hall–Kier alpha value is -1.16. The number of thiol groups is 1. The Morgan fingerprint density at radius 2 is 2.12 bits per heavy atom. The van der Waals surface area contributed by atoms with Gasteiger partial charge in [0.2, 0.25) is 0 Å². The second-order valence-corrected chi connectivity index (χ2v) is 5.34. The van der Waals surface area contributed by atoms with Crippen molar-refractivity contribution in [2.45, 2.75) is 20.8 Å². The summed E-state index contributed by atoms with van der Waals surface area (Å²) in [5.74, 6) is -0.166. The predicted molar refractivity (Wildman–Crippen MR) is 72.5 cm³/mol. The molecule has 1 aromatic rings. The van der Waals surface area contributed by atoms with Crippen molar-refractivity contribution in [3.63, 3.8) is 0 Å². The van der Waals surface area contributed by atoms with Crippen LogP contribution in [-0.2, 0) is 0 Å². The first-order valence-electron chi connectivity index (χ1n) is 5.36. The molecule has 0 aliphatic rings. The maximum absolute atomic E-state index is 13.7. The summed E-state index contributed by atoms with van der Waals surface area (Å²) in [7, 11) is 0. The number of hydrogen-bond acceptors (Lipinski definition) is 3. The lowest BCUT2D eigenvalue weighted by Crippen LogP contribution is -2.17. The molecule has 4 heteroatoms. The molecule has 1 aromatic carbocycles. The first-order valence-corrected chi connectivity index (χ1v) is 5.88. The van der Waals surface area contributed by atoms with Crippen LogP contribution in [0.1, 0.15) is 26.3 Å². The van der Waals surface area contributed by atoms with E-state index in [1.54, 1.807) is 12.1 Å². The molecule has 0 heterocycles. The zero-order valence-corrected chi connectivity index (χ0v) is 11.2. The second kappa shape index (κ2) is 5.45. The van der Waals surface area contributed by atoms with E-state index in [0.717, 1.165) is 0 Å². The highest BCUT2D eigenvalue weighted by Gasteiger charge is 2.13. The molecule has 0 radical (unpaired) electrons.